The van der Waals surface area contributed by atoms with Crippen LogP contribution in [-0.4, -0.2) is 29.1 Å². The van der Waals surface area contributed by atoms with E-state index in [9.17, 15) is 14.4 Å². The molecule has 0 aliphatic carbocycles. The number of aryl methyl sites for hydroxylation is 1. The first-order chi connectivity index (χ1) is 9.42. The molecule has 0 fully saturated rings. The lowest BCUT2D eigenvalue weighted by atomic mass is 10.1. The number of hydrogen-bond acceptors (Lipinski definition) is 3. The van der Waals surface area contributed by atoms with Crippen LogP contribution in [-0.2, 0) is 16.0 Å². The van der Waals surface area contributed by atoms with Crippen LogP contribution in [0.3, 0.4) is 0 Å². The lowest BCUT2D eigenvalue weighted by molar-refractivity contribution is -0.140. The van der Waals surface area contributed by atoms with Crippen molar-refractivity contribution < 1.29 is 19.5 Å². The first-order valence-electron chi connectivity index (χ1n) is 6.10. The molecule has 1 atom stereocenters. The topological polar surface area (TPSA) is 122 Å². The van der Waals surface area contributed by atoms with Crippen LogP contribution >= 0.6 is 0 Å². The van der Waals surface area contributed by atoms with Gasteiger partial charge in [-0.15, -0.1) is 0 Å². The summed E-state index contributed by atoms with van der Waals surface area (Å²) >= 11 is 0. The second-order valence-electron chi connectivity index (χ2n) is 4.21. The second kappa shape index (κ2) is 7.13. The Hall–Kier alpha value is -2.57. The summed E-state index contributed by atoms with van der Waals surface area (Å²) in [6, 6.07) is 5.08. The molecule has 108 valence electrons. The number of amides is 3. The van der Waals surface area contributed by atoms with Crippen LogP contribution in [0.1, 0.15) is 18.9 Å². The number of anilines is 1. The van der Waals surface area contributed by atoms with E-state index in [1.807, 2.05) is 19.1 Å². The Bertz CT molecular complexity index is 499. The number of nitrogens with two attached hydrogens (primary N) is 1. The number of aliphatic carboxylic acids is 1. The SMILES string of the molecule is CCc1ccc(NC(=O)NC(CC(N)=O)C(=O)O)cc1. The highest BCUT2D eigenvalue weighted by Crippen LogP contribution is 2.09. The van der Waals surface area contributed by atoms with Crippen LogP contribution < -0.4 is 16.4 Å². The molecule has 0 saturated heterocycles. The summed E-state index contributed by atoms with van der Waals surface area (Å²) in [7, 11) is 0. The van der Waals surface area contributed by atoms with Gasteiger partial charge in [-0.1, -0.05) is 19.1 Å². The van der Waals surface area contributed by atoms with Crippen LogP contribution in [0, 0.1) is 0 Å². The maximum Gasteiger partial charge on any atom is 0.326 e. The second-order valence-corrected chi connectivity index (χ2v) is 4.21. The lowest BCUT2D eigenvalue weighted by Crippen LogP contribution is -2.45. The first kappa shape index (κ1) is 15.5. The zero-order valence-electron chi connectivity index (χ0n) is 11.1. The third kappa shape index (κ3) is 4.97. The number of hydrogen-bond donors (Lipinski definition) is 4. The Balaban J connectivity index is 2.60. The number of nitrogens with one attached hydrogen (secondary N) is 2. The predicted molar refractivity (Wildman–Crippen MR) is 73.2 cm³/mol. The highest BCUT2D eigenvalue weighted by molar-refractivity contribution is 5.93. The van der Waals surface area contributed by atoms with E-state index in [0.717, 1.165) is 12.0 Å². The molecule has 0 radical (unpaired) electrons. The number of urea groups is 1. The van der Waals surface area contributed by atoms with Gasteiger partial charge in [-0.05, 0) is 24.1 Å². The van der Waals surface area contributed by atoms with Crippen molar-refractivity contribution >= 4 is 23.6 Å². The number of carboxylic acid groups (broad SMARTS) is 1. The van der Waals surface area contributed by atoms with Gasteiger partial charge in [0.05, 0.1) is 6.42 Å². The quantitative estimate of drug-likeness (QED) is 0.612. The fourth-order valence-corrected chi connectivity index (χ4v) is 1.55. The number of primary amides is 1. The molecule has 1 rings (SSSR count). The smallest absolute Gasteiger partial charge is 0.326 e. The van der Waals surface area contributed by atoms with Gasteiger partial charge in [-0.3, -0.25) is 4.79 Å². The molecule has 1 aromatic rings. The summed E-state index contributed by atoms with van der Waals surface area (Å²) in [5, 5.41) is 13.5. The molecule has 0 aliphatic heterocycles. The van der Waals surface area contributed by atoms with Gasteiger partial charge in [0.25, 0.3) is 0 Å². The van der Waals surface area contributed by atoms with Gasteiger partial charge in [0.1, 0.15) is 6.04 Å². The summed E-state index contributed by atoms with van der Waals surface area (Å²) in [4.78, 5) is 33.2. The van der Waals surface area contributed by atoms with E-state index in [2.05, 4.69) is 10.6 Å². The van der Waals surface area contributed by atoms with E-state index in [1.165, 1.54) is 0 Å². The molecule has 1 aromatic carbocycles. The summed E-state index contributed by atoms with van der Waals surface area (Å²) < 4.78 is 0. The predicted octanol–water partition coefficient (Wildman–Crippen LogP) is 0.699. The maximum atomic E-state index is 11.6. The van der Waals surface area contributed by atoms with E-state index in [1.54, 1.807) is 12.1 Å². The summed E-state index contributed by atoms with van der Waals surface area (Å²) in [6.45, 7) is 2.01. The monoisotopic (exact) mass is 279 g/mol. The highest BCUT2D eigenvalue weighted by atomic mass is 16.4. The van der Waals surface area contributed by atoms with Gasteiger partial charge in [0.2, 0.25) is 5.91 Å². The largest absolute Gasteiger partial charge is 0.480 e. The Labute approximate surface area is 116 Å². The van der Waals surface area contributed by atoms with Gasteiger partial charge < -0.3 is 21.5 Å². The minimum Gasteiger partial charge on any atom is -0.480 e. The average molecular weight is 279 g/mol. The third-order valence-corrected chi connectivity index (χ3v) is 2.63. The van der Waals surface area contributed by atoms with E-state index >= 15 is 0 Å². The van der Waals surface area contributed by atoms with Gasteiger partial charge in [-0.25, -0.2) is 9.59 Å². The molecule has 1 unspecified atom stereocenters. The van der Waals surface area contributed by atoms with Crippen molar-refractivity contribution in [2.24, 2.45) is 5.73 Å². The van der Waals surface area contributed by atoms with Crippen molar-refractivity contribution in [3.8, 4) is 0 Å². The Morgan fingerprint density at radius 3 is 2.30 bits per heavy atom. The van der Waals surface area contributed by atoms with E-state index < -0.39 is 30.4 Å². The summed E-state index contributed by atoms with van der Waals surface area (Å²) in [5.41, 5.74) is 6.57. The standard InChI is InChI=1S/C13H17N3O4/c1-2-8-3-5-9(6-4-8)15-13(20)16-10(12(18)19)7-11(14)17/h3-6,10H,2,7H2,1H3,(H2,14,17)(H,18,19)(H2,15,16,20). The molecule has 3 amide bonds. The summed E-state index contributed by atoms with van der Waals surface area (Å²) in [6.07, 6.45) is 0.420. The van der Waals surface area contributed by atoms with E-state index in [0.29, 0.717) is 5.69 Å². The van der Waals surface area contributed by atoms with Gasteiger partial charge in [-0.2, -0.15) is 0 Å². The highest BCUT2D eigenvalue weighted by Gasteiger charge is 2.21. The van der Waals surface area contributed by atoms with Crippen LogP contribution in [0.5, 0.6) is 0 Å². The fraction of sp³-hybridized carbons (Fsp3) is 0.308. The molecule has 0 heterocycles. The molecule has 7 heteroatoms. The van der Waals surface area contributed by atoms with Crippen LogP contribution in [0.2, 0.25) is 0 Å². The molecule has 5 N–H and O–H groups in total. The number of carbonyl (C=O) groups excluding carboxylic acids is 2. The van der Waals surface area contributed by atoms with Crippen molar-refractivity contribution in [3.63, 3.8) is 0 Å². The van der Waals surface area contributed by atoms with Gasteiger partial charge in [0.15, 0.2) is 0 Å². The number of benzene rings is 1. The van der Waals surface area contributed by atoms with Gasteiger partial charge >= 0.3 is 12.0 Å². The molecule has 7 nitrogen and oxygen atoms in total. The number of carbonyl (C=O) groups is 3. The van der Waals surface area contributed by atoms with Crippen molar-refractivity contribution in [2.75, 3.05) is 5.32 Å². The summed E-state index contributed by atoms with van der Waals surface area (Å²) in [5.74, 6) is -2.12. The van der Waals surface area contributed by atoms with Crippen molar-refractivity contribution in [1.82, 2.24) is 5.32 Å². The Kier molecular flexibility index (Phi) is 5.52. The minimum absolute atomic E-state index is 0.461. The first-order valence-corrected chi connectivity index (χ1v) is 6.10. The van der Waals surface area contributed by atoms with Crippen LogP contribution in [0.25, 0.3) is 0 Å². The molecule has 0 saturated carbocycles. The normalized spacial score (nSPS) is 11.4. The fourth-order valence-electron chi connectivity index (χ4n) is 1.55. The van der Waals surface area contributed by atoms with E-state index in [4.69, 9.17) is 10.8 Å². The average Bonchev–Trinajstić information content (AvgIpc) is 2.38. The molecule has 0 aliphatic rings. The molecule has 0 aromatic heterocycles. The molecular formula is C13H17N3O4. The molecule has 0 spiro atoms. The van der Waals surface area contributed by atoms with Crippen molar-refractivity contribution in [3.05, 3.63) is 29.8 Å². The molecule has 20 heavy (non-hydrogen) atoms. The van der Waals surface area contributed by atoms with Crippen LogP contribution in [0.15, 0.2) is 24.3 Å². The third-order valence-electron chi connectivity index (χ3n) is 2.63. The molecule has 0 bridgehead atoms. The maximum absolute atomic E-state index is 11.6. The number of rotatable bonds is 6. The lowest BCUT2D eigenvalue weighted by Gasteiger charge is -2.13. The number of carboxylic acids is 1. The Morgan fingerprint density at radius 1 is 1.25 bits per heavy atom. The van der Waals surface area contributed by atoms with Crippen molar-refractivity contribution in [2.45, 2.75) is 25.8 Å². The van der Waals surface area contributed by atoms with Crippen molar-refractivity contribution in [1.29, 1.82) is 0 Å². The van der Waals surface area contributed by atoms with E-state index in [-0.39, 0.29) is 0 Å². The molecular weight excluding hydrogens is 262 g/mol. The zero-order chi connectivity index (χ0) is 15.1. The van der Waals surface area contributed by atoms with Crippen LogP contribution in [0.4, 0.5) is 10.5 Å². The Morgan fingerprint density at radius 2 is 1.85 bits per heavy atom. The zero-order valence-corrected chi connectivity index (χ0v) is 11.1. The van der Waals surface area contributed by atoms with Gasteiger partial charge in [0, 0.05) is 5.69 Å². The minimum atomic E-state index is -1.34.